The van der Waals surface area contributed by atoms with Crippen LogP contribution in [0.1, 0.15) is 56.4 Å². The molecule has 3 atom stereocenters. The predicted molar refractivity (Wildman–Crippen MR) is 120 cm³/mol. The molecular formula is C24H28FN3O5. The Morgan fingerprint density at radius 1 is 1.21 bits per heavy atom. The molecule has 0 unspecified atom stereocenters. The van der Waals surface area contributed by atoms with Gasteiger partial charge in [0.15, 0.2) is 0 Å². The summed E-state index contributed by atoms with van der Waals surface area (Å²) >= 11 is 0. The fourth-order valence-corrected chi connectivity index (χ4v) is 4.92. The lowest BCUT2D eigenvalue weighted by Gasteiger charge is -2.35. The molecule has 0 spiro atoms. The van der Waals surface area contributed by atoms with Gasteiger partial charge in [0.1, 0.15) is 17.0 Å². The molecule has 5 rings (SSSR count). The van der Waals surface area contributed by atoms with E-state index in [9.17, 15) is 19.5 Å². The summed E-state index contributed by atoms with van der Waals surface area (Å²) in [6.07, 6.45) is 3.63. The molecule has 2 N–H and O–H groups in total. The van der Waals surface area contributed by atoms with Crippen LogP contribution in [-0.4, -0.2) is 46.5 Å². The number of rotatable bonds is 4. The lowest BCUT2D eigenvalue weighted by molar-refractivity contribution is 0.0494. The van der Waals surface area contributed by atoms with Gasteiger partial charge >= 0.3 is 12.1 Å². The first-order chi connectivity index (χ1) is 15.5. The van der Waals surface area contributed by atoms with Gasteiger partial charge in [0.05, 0.1) is 17.2 Å². The summed E-state index contributed by atoms with van der Waals surface area (Å²) in [5.74, 6) is -1.18. The molecule has 2 saturated carbocycles. The van der Waals surface area contributed by atoms with Gasteiger partial charge in [-0.25, -0.2) is 14.0 Å². The van der Waals surface area contributed by atoms with Crippen molar-refractivity contribution < 1.29 is 23.8 Å². The highest BCUT2D eigenvalue weighted by molar-refractivity contribution is 5.93. The number of amides is 1. The molecule has 1 aliphatic heterocycles. The third-order valence-corrected chi connectivity index (χ3v) is 6.68. The minimum atomic E-state index is -1.31. The highest BCUT2D eigenvalue weighted by Gasteiger charge is 2.49. The maximum absolute atomic E-state index is 15.3. The number of ether oxygens (including phenoxy) is 1. The molecule has 1 aromatic heterocycles. The molecule has 9 heteroatoms. The van der Waals surface area contributed by atoms with E-state index >= 15 is 4.39 Å². The molecule has 1 saturated heterocycles. The predicted octanol–water partition coefficient (Wildman–Crippen LogP) is 3.52. The van der Waals surface area contributed by atoms with Crippen molar-refractivity contribution in [2.24, 2.45) is 11.8 Å². The van der Waals surface area contributed by atoms with Crippen molar-refractivity contribution in [1.29, 1.82) is 0 Å². The number of carboxylic acids is 1. The minimum Gasteiger partial charge on any atom is -0.477 e. The number of fused-ring (bicyclic) bond motifs is 2. The third-order valence-electron chi connectivity index (χ3n) is 6.68. The molecule has 1 aromatic carbocycles. The summed E-state index contributed by atoms with van der Waals surface area (Å²) in [5.41, 5.74) is -0.723. The second kappa shape index (κ2) is 7.46. The Labute approximate surface area is 190 Å². The van der Waals surface area contributed by atoms with Gasteiger partial charge in [0.25, 0.3) is 0 Å². The summed E-state index contributed by atoms with van der Waals surface area (Å²) < 4.78 is 22.5. The number of aromatic nitrogens is 1. The maximum atomic E-state index is 15.3. The Balaban J connectivity index is 1.48. The Bertz CT molecular complexity index is 1210. The number of aromatic carboxylic acids is 1. The van der Waals surface area contributed by atoms with Gasteiger partial charge in [0, 0.05) is 30.7 Å². The van der Waals surface area contributed by atoms with Crippen molar-refractivity contribution in [3.05, 3.63) is 39.9 Å². The van der Waals surface area contributed by atoms with E-state index in [0.717, 1.165) is 25.3 Å². The van der Waals surface area contributed by atoms with Crippen LogP contribution in [-0.2, 0) is 4.74 Å². The van der Waals surface area contributed by atoms with Crippen LogP contribution in [0.15, 0.2) is 23.1 Å². The van der Waals surface area contributed by atoms with Crippen molar-refractivity contribution in [3.8, 4) is 0 Å². The first kappa shape index (κ1) is 21.7. The Morgan fingerprint density at radius 3 is 2.58 bits per heavy atom. The lowest BCUT2D eigenvalue weighted by atomic mass is 10.0. The number of hydrogen-bond donors (Lipinski definition) is 2. The molecule has 176 valence electrons. The normalized spacial score (nSPS) is 24.4. The van der Waals surface area contributed by atoms with Crippen LogP contribution < -0.4 is 15.6 Å². The molecule has 3 fully saturated rings. The van der Waals surface area contributed by atoms with Crippen LogP contribution in [0.2, 0.25) is 0 Å². The van der Waals surface area contributed by atoms with Crippen LogP contribution in [0, 0.1) is 17.7 Å². The number of anilines is 1. The van der Waals surface area contributed by atoms with Crippen molar-refractivity contribution in [1.82, 2.24) is 9.88 Å². The monoisotopic (exact) mass is 457 g/mol. The molecule has 8 nitrogen and oxygen atoms in total. The van der Waals surface area contributed by atoms with Crippen LogP contribution >= 0.6 is 0 Å². The van der Waals surface area contributed by atoms with Crippen molar-refractivity contribution in [2.75, 3.05) is 18.0 Å². The number of nitrogens with zero attached hydrogens (tertiary/aromatic N) is 2. The fourth-order valence-electron chi connectivity index (χ4n) is 4.92. The molecule has 0 bridgehead atoms. The number of carbonyl (C=O) groups excluding carboxylic acids is 1. The van der Waals surface area contributed by atoms with Gasteiger partial charge in [-0.15, -0.1) is 0 Å². The average Bonchev–Trinajstić information content (AvgIpc) is 3.60. The number of carbonyl (C=O) groups is 2. The zero-order valence-electron chi connectivity index (χ0n) is 18.9. The molecule has 1 amide bonds. The number of carboxylic acid groups (broad SMARTS) is 1. The van der Waals surface area contributed by atoms with Crippen molar-refractivity contribution in [3.63, 3.8) is 0 Å². The fraction of sp³-hybridized carbons (Fsp3) is 0.542. The number of halogens is 1. The minimum absolute atomic E-state index is 0.0767. The summed E-state index contributed by atoms with van der Waals surface area (Å²) in [6.45, 7) is 6.52. The summed E-state index contributed by atoms with van der Waals surface area (Å²) in [7, 11) is 0. The van der Waals surface area contributed by atoms with E-state index in [1.54, 1.807) is 31.4 Å². The number of alkyl carbamates (subject to hydrolysis) is 1. The molecule has 33 heavy (non-hydrogen) atoms. The number of pyridine rings is 1. The molecule has 2 heterocycles. The second-order valence-electron chi connectivity index (χ2n) is 10.5. The summed E-state index contributed by atoms with van der Waals surface area (Å²) in [4.78, 5) is 38.5. The summed E-state index contributed by atoms with van der Waals surface area (Å²) in [6, 6.07) is 2.77. The largest absolute Gasteiger partial charge is 0.477 e. The maximum Gasteiger partial charge on any atom is 0.407 e. The van der Waals surface area contributed by atoms with Gasteiger partial charge in [-0.05, 0) is 64.0 Å². The topological polar surface area (TPSA) is 101 Å². The van der Waals surface area contributed by atoms with Crippen LogP contribution in [0.25, 0.3) is 10.9 Å². The molecular weight excluding hydrogens is 429 g/mol. The first-order valence-corrected chi connectivity index (χ1v) is 11.4. The molecule has 2 aliphatic carbocycles. The quantitative estimate of drug-likeness (QED) is 0.729. The van der Waals surface area contributed by atoms with Crippen LogP contribution in [0.4, 0.5) is 14.9 Å². The molecule has 3 aliphatic rings. The third kappa shape index (κ3) is 4.16. The zero-order chi connectivity index (χ0) is 23.7. The number of hydrogen-bond acceptors (Lipinski definition) is 5. The van der Waals surface area contributed by atoms with E-state index in [-0.39, 0.29) is 23.0 Å². The van der Waals surface area contributed by atoms with E-state index in [4.69, 9.17) is 4.74 Å². The van der Waals surface area contributed by atoms with Gasteiger partial charge in [-0.2, -0.15) is 0 Å². The van der Waals surface area contributed by atoms with Crippen LogP contribution in [0.3, 0.4) is 0 Å². The van der Waals surface area contributed by atoms with E-state index < -0.39 is 28.9 Å². The SMILES string of the molecule is CC(C)(C)OC(=O)N[C@H]1CN(c2cc3c(cc2F)c(=O)c(C(=O)O)cn3C2CC2)C[C@H]2C[C@H]21. The van der Waals surface area contributed by atoms with Crippen molar-refractivity contribution >= 4 is 28.7 Å². The molecule has 2 aromatic rings. The van der Waals surface area contributed by atoms with Crippen LogP contribution in [0.5, 0.6) is 0 Å². The van der Waals surface area contributed by atoms with E-state index in [0.29, 0.717) is 36.1 Å². The number of piperidine rings is 1. The zero-order valence-corrected chi connectivity index (χ0v) is 18.9. The highest BCUT2D eigenvalue weighted by atomic mass is 19.1. The van der Waals surface area contributed by atoms with E-state index in [1.807, 2.05) is 4.90 Å². The van der Waals surface area contributed by atoms with Gasteiger partial charge in [-0.1, -0.05) is 0 Å². The smallest absolute Gasteiger partial charge is 0.407 e. The second-order valence-corrected chi connectivity index (χ2v) is 10.5. The molecule has 0 radical (unpaired) electrons. The van der Waals surface area contributed by atoms with E-state index in [1.165, 1.54) is 6.20 Å². The summed E-state index contributed by atoms with van der Waals surface area (Å²) in [5, 5.41) is 12.4. The first-order valence-electron chi connectivity index (χ1n) is 11.4. The van der Waals surface area contributed by atoms with Gasteiger partial charge in [0.2, 0.25) is 5.43 Å². The Kier molecular flexibility index (Phi) is 4.91. The number of nitrogens with one attached hydrogen (secondary N) is 1. The Hall–Kier alpha value is -3.10. The average molecular weight is 458 g/mol. The highest BCUT2D eigenvalue weighted by Crippen LogP contribution is 2.47. The standard InChI is InChI=1S/C24H28FN3O5/c1-24(2,3)33-23(32)26-18-11-27(9-12-6-14(12)18)20-8-19-15(7-17(20)25)21(29)16(22(30)31)10-28(19)13-4-5-13/h7-8,10,12-14,18H,4-6,9,11H2,1-3H3,(H,26,32)(H,30,31)/t12-,14-,18+/m1/s1. The van der Waals surface area contributed by atoms with Gasteiger partial charge < -0.3 is 24.6 Å². The number of benzene rings is 1. The lowest BCUT2D eigenvalue weighted by Crippen LogP contribution is -2.50. The van der Waals surface area contributed by atoms with Gasteiger partial charge in [-0.3, -0.25) is 4.79 Å². The van der Waals surface area contributed by atoms with Crippen molar-refractivity contribution in [2.45, 2.75) is 57.7 Å². The Morgan fingerprint density at radius 2 is 1.94 bits per heavy atom. The van der Waals surface area contributed by atoms with E-state index in [2.05, 4.69) is 5.32 Å².